The Hall–Kier alpha value is -5.66. The minimum absolute atomic E-state index is 0.238. The molecule has 7 aromatic carbocycles. The van der Waals surface area contributed by atoms with Crippen molar-refractivity contribution in [2.75, 3.05) is 4.90 Å². The molecule has 1 unspecified atom stereocenters. The Morgan fingerprint density at radius 1 is 0.446 bits per heavy atom. The molecule has 0 fully saturated rings. The maximum absolute atomic E-state index is 2.52. The SMILES string of the molecule is CCC(C)c1ccc(N(c2ccc(C)cc2)c2ccc(C)cc2)cc1.Cc1ccc2c(c1)C(c1ccc3c(c1)CC3)(c1ccc3c(c1)CC3)c1cc(C)ccc1-2. The Kier molecular flexibility index (Phi) is 9.29. The number of anilines is 3. The number of nitrogens with zero attached hydrogens (tertiary/aromatic N) is 1. The van der Waals surface area contributed by atoms with Crippen LogP contribution in [0, 0.1) is 27.7 Å². The third kappa shape index (κ3) is 6.19. The van der Waals surface area contributed by atoms with Crippen molar-refractivity contribution in [2.24, 2.45) is 0 Å². The van der Waals surface area contributed by atoms with Crippen LogP contribution in [-0.2, 0) is 31.1 Å². The van der Waals surface area contributed by atoms with E-state index in [4.69, 9.17) is 0 Å². The summed E-state index contributed by atoms with van der Waals surface area (Å²) in [5.41, 5.74) is 24.6. The van der Waals surface area contributed by atoms with Crippen LogP contribution in [0.2, 0.25) is 0 Å². The van der Waals surface area contributed by atoms with Gasteiger partial charge < -0.3 is 4.90 Å². The van der Waals surface area contributed by atoms with Crippen molar-refractivity contribution in [3.8, 4) is 11.1 Å². The molecule has 1 heteroatoms. The largest absolute Gasteiger partial charge is 0.311 e. The smallest absolute Gasteiger partial charge is 0.0713 e. The summed E-state index contributed by atoms with van der Waals surface area (Å²) in [6.45, 7) is 13.2. The summed E-state index contributed by atoms with van der Waals surface area (Å²) >= 11 is 0. The van der Waals surface area contributed by atoms with Crippen molar-refractivity contribution in [2.45, 2.75) is 85.0 Å². The fourth-order valence-electron chi connectivity index (χ4n) is 9.22. The molecular formula is C55H53N. The lowest BCUT2D eigenvalue weighted by Crippen LogP contribution is -2.30. The molecule has 0 aromatic heterocycles. The molecule has 0 radical (unpaired) electrons. The molecule has 3 aliphatic carbocycles. The molecule has 1 atom stereocenters. The van der Waals surface area contributed by atoms with Crippen molar-refractivity contribution in [3.63, 3.8) is 0 Å². The minimum Gasteiger partial charge on any atom is -0.311 e. The zero-order valence-corrected chi connectivity index (χ0v) is 33.9. The Morgan fingerprint density at radius 2 is 0.839 bits per heavy atom. The van der Waals surface area contributed by atoms with E-state index in [0.717, 1.165) is 0 Å². The highest BCUT2D eigenvalue weighted by Gasteiger charge is 2.47. The quantitative estimate of drug-likeness (QED) is 0.158. The molecule has 1 nitrogen and oxygen atoms in total. The molecule has 7 aromatic rings. The Morgan fingerprint density at radius 3 is 1.21 bits per heavy atom. The number of hydrogen-bond donors (Lipinski definition) is 0. The second kappa shape index (κ2) is 14.4. The fourth-order valence-corrected chi connectivity index (χ4v) is 9.22. The average Bonchev–Trinajstić information content (AvgIpc) is 3.46. The van der Waals surface area contributed by atoms with E-state index < -0.39 is 0 Å². The summed E-state index contributed by atoms with van der Waals surface area (Å²) in [6.07, 6.45) is 6.05. The maximum Gasteiger partial charge on any atom is 0.0713 e. The summed E-state index contributed by atoms with van der Waals surface area (Å²) < 4.78 is 0. The van der Waals surface area contributed by atoms with Gasteiger partial charge in [0.05, 0.1) is 5.41 Å². The van der Waals surface area contributed by atoms with Gasteiger partial charge in [0, 0.05) is 17.1 Å². The van der Waals surface area contributed by atoms with Gasteiger partial charge in [-0.2, -0.15) is 0 Å². The monoisotopic (exact) mass is 727 g/mol. The topological polar surface area (TPSA) is 3.24 Å². The third-order valence-corrected chi connectivity index (χ3v) is 13.0. The Labute approximate surface area is 334 Å². The number of benzene rings is 7. The van der Waals surface area contributed by atoms with Crippen LogP contribution in [0.25, 0.3) is 11.1 Å². The predicted octanol–water partition coefficient (Wildman–Crippen LogP) is 14.2. The first-order chi connectivity index (χ1) is 27.2. The fraction of sp³-hybridized carbons (Fsp3) is 0.236. The minimum atomic E-state index is -0.238. The molecule has 0 bridgehead atoms. The zero-order chi connectivity index (χ0) is 38.6. The lowest BCUT2D eigenvalue weighted by atomic mass is 9.65. The molecule has 0 aliphatic heterocycles. The molecule has 10 rings (SSSR count). The van der Waals surface area contributed by atoms with Crippen LogP contribution in [0.15, 0.2) is 146 Å². The van der Waals surface area contributed by atoms with Crippen molar-refractivity contribution < 1.29 is 0 Å². The molecule has 0 N–H and O–H groups in total. The van der Waals surface area contributed by atoms with Gasteiger partial charge in [-0.1, -0.05) is 145 Å². The highest BCUT2D eigenvalue weighted by molar-refractivity contribution is 5.87. The third-order valence-electron chi connectivity index (χ3n) is 13.0. The first-order valence-electron chi connectivity index (χ1n) is 20.7. The standard InChI is InChI=1S/C31H26.C24H27N/c1-19-3-13-27-28-14-4-20(2)16-30(28)31(29(27)15-19,25-11-9-21-5-7-23(21)17-25)26-12-10-22-6-8-24(22)18-26;1-5-20(4)21-10-16-24(17-11-21)25(22-12-6-18(2)7-13-22)23-14-8-19(3)9-15-23/h3-4,9-18H,5-8H2,1-2H3;6-17,20H,5H2,1-4H3. The van der Waals surface area contributed by atoms with Crippen LogP contribution in [0.1, 0.15) is 98.5 Å². The van der Waals surface area contributed by atoms with Crippen LogP contribution < -0.4 is 4.90 Å². The molecule has 0 saturated heterocycles. The van der Waals surface area contributed by atoms with Gasteiger partial charge in [0.25, 0.3) is 0 Å². The lowest BCUT2D eigenvalue weighted by molar-refractivity contribution is 0.733. The first-order valence-corrected chi connectivity index (χ1v) is 20.7. The van der Waals surface area contributed by atoms with E-state index in [0.29, 0.717) is 5.92 Å². The van der Waals surface area contributed by atoms with Crippen molar-refractivity contribution in [3.05, 3.63) is 218 Å². The second-order valence-corrected chi connectivity index (χ2v) is 16.7. The highest BCUT2D eigenvalue weighted by Crippen LogP contribution is 2.57. The second-order valence-electron chi connectivity index (χ2n) is 16.7. The zero-order valence-electron chi connectivity index (χ0n) is 33.9. The van der Waals surface area contributed by atoms with E-state index in [-0.39, 0.29) is 5.41 Å². The summed E-state index contributed by atoms with van der Waals surface area (Å²) in [6, 6.07) is 55.2. The van der Waals surface area contributed by atoms with Gasteiger partial charge in [-0.3, -0.25) is 0 Å². The predicted molar refractivity (Wildman–Crippen MR) is 237 cm³/mol. The summed E-state index contributed by atoms with van der Waals surface area (Å²) in [7, 11) is 0. The molecule has 0 saturated carbocycles. The number of hydrogen-bond acceptors (Lipinski definition) is 1. The van der Waals surface area contributed by atoms with Gasteiger partial charge in [-0.05, 0) is 163 Å². The van der Waals surface area contributed by atoms with Crippen LogP contribution in [0.5, 0.6) is 0 Å². The van der Waals surface area contributed by atoms with Gasteiger partial charge >= 0.3 is 0 Å². The number of aryl methyl sites for hydroxylation is 8. The molecule has 0 amide bonds. The number of rotatable bonds is 7. The van der Waals surface area contributed by atoms with E-state index in [1.54, 1.807) is 0 Å². The van der Waals surface area contributed by atoms with Gasteiger partial charge in [-0.25, -0.2) is 0 Å². The average molecular weight is 728 g/mol. The molecule has 0 spiro atoms. The molecular weight excluding hydrogens is 675 g/mol. The molecule has 56 heavy (non-hydrogen) atoms. The Bertz CT molecular complexity index is 2400. The molecule has 3 aliphatic rings. The summed E-state index contributed by atoms with van der Waals surface area (Å²) in [4.78, 5) is 2.32. The summed E-state index contributed by atoms with van der Waals surface area (Å²) in [5, 5.41) is 0. The normalized spacial score (nSPS) is 14.5. The van der Waals surface area contributed by atoms with Gasteiger partial charge in [0.15, 0.2) is 0 Å². The lowest BCUT2D eigenvalue weighted by Gasteiger charge is -2.37. The van der Waals surface area contributed by atoms with E-state index in [1.807, 2.05) is 0 Å². The number of fused-ring (bicyclic) bond motifs is 5. The Balaban J connectivity index is 0.000000150. The van der Waals surface area contributed by atoms with Crippen LogP contribution in [0.4, 0.5) is 17.1 Å². The van der Waals surface area contributed by atoms with E-state index in [2.05, 4.69) is 192 Å². The van der Waals surface area contributed by atoms with Gasteiger partial charge in [0.2, 0.25) is 0 Å². The van der Waals surface area contributed by atoms with Crippen LogP contribution >= 0.6 is 0 Å². The van der Waals surface area contributed by atoms with Gasteiger partial charge in [0.1, 0.15) is 0 Å². The van der Waals surface area contributed by atoms with E-state index >= 15 is 0 Å². The van der Waals surface area contributed by atoms with Crippen molar-refractivity contribution in [1.82, 2.24) is 0 Å². The van der Waals surface area contributed by atoms with Crippen molar-refractivity contribution >= 4 is 17.1 Å². The van der Waals surface area contributed by atoms with E-state index in [1.165, 1.54) is 133 Å². The summed E-state index contributed by atoms with van der Waals surface area (Å²) in [5.74, 6) is 0.598. The maximum atomic E-state index is 2.52. The van der Waals surface area contributed by atoms with Crippen LogP contribution in [0.3, 0.4) is 0 Å². The molecule has 278 valence electrons. The van der Waals surface area contributed by atoms with Crippen molar-refractivity contribution in [1.29, 1.82) is 0 Å². The van der Waals surface area contributed by atoms with Gasteiger partial charge in [-0.15, -0.1) is 0 Å². The molecule has 0 heterocycles. The van der Waals surface area contributed by atoms with Crippen LogP contribution in [-0.4, -0.2) is 0 Å². The highest BCUT2D eigenvalue weighted by atomic mass is 15.1. The van der Waals surface area contributed by atoms with E-state index in [9.17, 15) is 0 Å². The first kappa shape index (κ1) is 36.0.